The van der Waals surface area contributed by atoms with Gasteiger partial charge in [-0.1, -0.05) is 13.8 Å². The quantitative estimate of drug-likeness (QED) is 0.798. The van der Waals surface area contributed by atoms with E-state index in [0.717, 1.165) is 32.4 Å². The summed E-state index contributed by atoms with van der Waals surface area (Å²) in [5, 5.41) is 6.49. The van der Waals surface area contributed by atoms with E-state index in [1.54, 1.807) is 7.11 Å². The van der Waals surface area contributed by atoms with E-state index < -0.39 is 0 Å². The molecule has 1 saturated carbocycles. The summed E-state index contributed by atoms with van der Waals surface area (Å²) in [4.78, 5) is 12.2. The topological polar surface area (TPSA) is 50.4 Å². The van der Waals surface area contributed by atoms with Crippen LogP contribution in [0.15, 0.2) is 0 Å². The first-order chi connectivity index (χ1) is 8.40. The number of piperidine rings is 1. The van der Waals surface area contributed by atoms with Crippen LogP contribution in [0.5, 0.6) is 0 Å². The van der Waals surface area contributed by atoms with E-state index in [2.05, 4.69) is 31.4 Å². The van der Waals surface area contributed by atoms with Crippen LogP contribution in [0.2, 0.25) is 0 Å². The molecule has 1 saturated heterocycles. The third-order valence-electron chi connectivity index (χ3n) is 5.26. The highest BCUT2D eigenvalue weighted by atomic mass is 16.5. The van der Waals surface area contributed by atoms with Crippen LogP contribution in [0.3, 0.4) is 0 Å². The molecule has 0 bridgehead atoms. The zero-order valence-electron chi connectivity index (χ0n) is 12.0. The van der Waals surface area contributed by atoms with Crippen molar-refractivity contribution in [2.24, 2.45) is 11.3 Å². The van der Waals surface area contributed by atoms with E-state index in [1.165, 1.54) is 0 Å². The van der Waals surface area contributed by atoms with Crippen LogP contribution in [0, 0.1) is 11.3 Å². The number of carbonyl (C=O) groups excluding carboxylic acids is 1. The summed E-state index contributed by atoms with van der Waals surface area (Å²) >= 11 is 0. The van der Waals surface area contributed by atoms with Gasteiger partial charge >= 0.3 is 0 Å². The lowest BCUT2D eigenvalue weighted by Gasteiger charge is -2.59. The van der Waals surface area contributed by atoms with Crippen molar-refractivity contribution in [3.8, 4) is 0 Å². The second-order valence-corrected chi connectivity index (χ2v) is 6.47. The molecule has 2 fully saturated rings. The Bertz CT molecular complexity index is 324. The Labute approximate surface area is 110 Å². The number of carbonyl (C=O) groups is 1. The Morgan fingerprint density at radius 3 is 2.61 bits per heavy atom. The molecule has 0 aromatic carbocycles. The first-order valence-electron chi connectivity index (χ1n) is 6.97. The number of amides is 1. The standard InChI is InChI=1S/C14H26N2O2/c1-13(2)11(8-14(13,3)18-4)16-12(17)10-6-5-7-15-9-10/h10-11,15H,5-9H2,1-4H3,(H,16,17)/t10-,11+,14-/m1/s1. The van der Waals surface area contributed by atoms with Crippen molar-refractivity contribution in [3.05, 3.63) is 0 Å². The van der Waals surface area contributed by atoms with Crippen molar-refractivity contribution in [2.75, 3.05) is 20.2 Å². The van der Waals surface area contributed by atoms with Gasteiger partial charge in [0.05, 0.1) is 11.5 Å². The van der Waals surface area contributed by atoms with Gasteiger partial charge in [-0.15, -0.1) is 0 Å². The highest BCUT2D eigenvalue weighted by Crippen LogP contribution is 2.51. The second kappa shape index (κ2) is 4.82. The van der Waals surface area contributed by atoms with Crippen molar-refractivity contribution in [3.63, 3.8) is 0 Å². The first kappa shape index (κ1) is 13.8. The van der Waals surface area contributed by atoms with Gasteiger partial charge in [0, 0.05) is 25.1 Å². The van der Waals surface area contributed by atoms with Crippen LogP contribution in [0.25, 0.3) is 0 Å². The molecule has 4 nitrogen and oxygen atoms in total. The fraction of sp³-hybridized carbons (Fsp3) is 0.929. The van der Waals surface area contributed by atoms with E-state index in [-0.39, 0.29) is 28.9 Å². The molecule has 18 heavy (non-hydrogen) atoms. The molecule has 0 radical (unpaired) electrons. The summed E-state index contributed by atoms with van der Waals surface area (Å²) in [6.07, 6.45) is 3.01. The van der Waals surface area contributed by atoms with E-state index >= 15 is 0 Å². The fourth-order valence-electron chi connectivity index (χ4n) is 3.09. The molecule has 1 amide bonds. The third kappa shape index (κ3) is 2.16. The summed E-state index contributed by atoms with van der Waals surface area (Å²) in [6.45, 7) is 8.33. The molecule has 0 unspecified atom stereocenters. The number of ether oxygens (including phenoxy) is 1. The van der Waals surface area contributed by atoms with Crippen molar-refractivity contribution >= 4 is 5.91 Å². The monoisotopic (exact) mass is 254 g/mol. The van der Waals surface area contributed by atoms with Gasteiger partial charge in [0.25, 0.3) is 0 Å². The number of nitrogens with one attached hydrogen (secondary N) is 2. The zero-order valence-corrected chi connectivity index (χ0v) is 12.0. The first-order valence-corrected chi connectivity index (χ1v) is 6.97. The van der Waals surface area contributed by atoms with Crippen molar-refractivity contribution < 1.29 is 9.53 Å². The molecule has 1 heterocycles. The third-order valence-corrected chi connectivity index (χ3v) is 5.26. The number of rotatable bonds is 3. The maximum atomic E-state index is 12.2. The zero-order chi connectivity index (χ0) is 13.4. The summed E-state index contributed by atoms with van der Waals surface area (Å²) in [5.74, 6) is 0.349. The van der Waals surface area contributed by atoms with Crippen LogP contribution in [0.1, 0.15) is 40.0 Å². The maximum absolute atomic E-state index is 12.2. The second-order valence-electron chi connectivity index (χ2n) is 6.47. The maximum Gasteiger partial charge on any atom is 0.224 e. The van der Waals surface area contributed by atoms with Gasteiger partial charge in [-0.05, 0) is 32.7 Å². The molecule has 2 N–H and O–H groups in total. The molecule has 2 rings (SSSR count). The van der Waals surface area contributed by atoms with Crippen molar-refractivity contribution in [1.82, 2.24) is 10.6 Å². The molecule has 0 aromatic rings. The summed E-state index contributed by atoms with van der Waals surface area (Å²) in [7, 11) is 1.75. The molecule has 104 valence electrons. The van der Waals surface area contributed by atoms with Gasteiger partial charge in [-0.3, -0.25) is 4.79 Å². The van der Waals surface area contributed by atoms with Gasteiger partial charge in [-0.25, -0.2) is 0 Å². The number of hydrogen-bond acceptors (Lipinski definition) is 3. The fourth-order valence-corrected chi connectivity index (χ4v) is 3.09. The number of methoxy groups -OCH3 is 1. The van der Waals surface area contributed by atoms with Gasteiger partial charge < -0.3 is 15.4 Å². The lowest BCUT2D eigenvalue weighted by atomic mass is 9.55. The molecule has 0 spiro atoms. The summed E-state index contributed by atoms with van der Waals surface area (Å²) < 4.78 is 5.58. The average Bonchev–Trinajstić information content (AvgIpc) is 2.38. The highest BCUT2D eigenvalue weighted by Gasteiger charge is 2.58. The highest BCUT2D eigenvalue weighted by molar-refractivity contribution is 5.79. The van der Waals surface area contributed by atoms with E-state index in [0.29, 0.717) is 0 Å². The Morgan fingerprint density at radius 2 is 2.11 bits per heavy atom. The molecule has 3 atom stereocenters. The Morgan fingerprint density at radius 1 is 1.39 bits per heavy atom. The molecule has 0 aromatic heterocycles. The minimum absolute atomic E-state index is 0.000491. The summed E-state index contributed by atoms with van der Waals surface area (Å²) in [5.41, 5.74) is -0.116. The van der Waals surface area contributed by atoms with Gasteiger partial charge in [0.15, 0.2) is 0 Å². The average molecular weight is 254 g/mol. The molecular formula is C14H26N2O2. The van der Waals surface area contributed by atoms with Gasteiger partial charge in [-0.2, -0.15) is 0 Å². The van der Waals surface area contributed by atoms with Crippen molar-refractivity contribution in [1.29, 1.82) is 0 Å². The predicted octanol–water partition coefficient (Wildman–Crippen LogP) is 1.31. The van der Waals surface area contributed by atoms with Crippen LogP contribution in [0.4, 0.5) is 0 Å². The Balaban J connectivity index is 1.89. The largest absolute Gasteiger partial charge is 0.378 e. The molecule has 2 aliphatic rings. The number of hydrogen-bond donors (Lipinski definition) is 2. The van der Waals surface area contributed by atoms with Crippen LogP contribution in [-0.2, 0) is 9.53 Å². The molecule has 1 aliphatic carbocycles. The lowest BCUT2D eigenvalue weighted by molar-refractivity contribution is -0.183. The van der Waals surface area contributed by atoms with E-state index in [9.17, 15) is 4.79 Å². The Kier molecular flexibility index (Phi) is 3.70. The molecule has 4 heteroatoms. The smallest absolute Gasteiger partial charge is 0.224 e. The minimum Gasteiger partial charge on any atom is -0.378 e. The Hall–Kier alpha value is -0.610. The normalized spacial score (nSPS) is 38.9. The van der Waals surface area contributed by atoms with Crippen LogP contribution >= 0.6 is 0 Å². The minimum atomic E-state index is -0.115. The summed E-state index contributed by atoms with van der Waals surface area (Å²) in [6, 6.07) is 0.233. The van der Waals surface area contributed by atoms with E-state index in [1.807, 2.05) is 0 Å². The van der Waals surface area contributed by atoms with Crippen LogP contribution < -0.4 is 10.6 Å². The van der Waals surface area contributed by atoms with Crippen molar-refractivity contribution in [2.45, 2.75) is 51.7 Å². The van der Waals surface area contributed by atoms with Gasteiger partial charge in [0.1, 0.15) is 0 Å². The van der Waals surface area contributed by atoms with Crippen LogP contribution in [-0.4, -0.2) is 37.7 Å². The van der Waals surface area contributed by atoms with E-state index in [4.69, 9.17) is 4.74 Å². The SMILES string of the molecule is CO[C@]1(C)C[C@H](NC(=O)[C@@H]2CCCNC2)C1(C)C. The van der Waals surface area contributed by atoms with Gasteiger partial charge in [0.2, 0.25) is 5.91 Å². The molecule has 1 aliphatic heterocycles. The predicted molar refractivity (Wildman–Crippen MR) is 71.3 cm³/mol. The lowest BCUT2D eigenvalue weighted by Crippen LogP contribution is -2.69. The molecular weight excluding hydrogens is 228 g/mol.